The Balaban J connectivity index is 1.89. The molecule has 112 valence electrons. The fraction of sp³-hybridized carbons (Fsp3) is 0.250. The number of carbonyl (C=O) groups is 1. The molecule has 0 spiro atoms. The summed E-state index contributed by atoms with van der Waals surface area (Å²) in [6, 6.07) is 11.0. The average molecular weight is 299 g/mol. The van der Waals surface area contributed by atoms with Crippen molar-refractivity contribution in [2.24, 2.45) is 7.05 Å². The van der Waals surface area contributed by atoms with Crippen LogP contribution in [-0.4, -0.2) is 22.1 Å². The molecule has 0 unspecified atom stereocenters. The van der Waals surface area contributed by atoms with Crippen LogP contribution in [0.2, 0.25) is 0 Å². The first-order valence-electron chi connectivity index (χ1n) is 6.89. The molecule has 1 aliphatic rings. The molecule has 3 rings (SSSR count). The highest BCUT2D eigenvalue weighted by atomic mass is 19.1. The van der Waals surface area contributed by atoms with Crippen molar-refractivity contribution in [2.45, 2.75) is 12.5 Å². The van der Waals surface area contributed by atoms with Gasteiger partial charge in [0.1, 0.15) is 23.3 Å². The van der Waals surface area contributed by atoms with E-state index in [2.05, 4.69) is 0 Å². The molecule has 0 radical (unpaired) electrons. The number of benzene rings is 1. The fourth-order valence-electron chi connectivity index (χ4n) is 2.61. The number of aromatic nitrogens is 1. The van der Waals surface area contributed by atoms with E-state index in [0.717, 1.165) is 5.56 Å². The second-order valence-electron chi connectivity index (χ2n) is 5.09. The average Bonchev–Trinajstić information content (AvgIpc) is 3.14. The third-order valence-electron chi connectivity index (χ3n) is 3.82. The Morgan fingerprint density at radius 1 is 1.32 bits per heavy atom. The molecule has 1 aromatic carbocycles. The molecule has 2 heterocycles. The van der Waals surface area contributed by atoms with E-state index in [9.17, 15) is 9.18 Å². The van der Waals surface area contributed by atoms with Crippen LogP contribution in [0.1, 0.15) is 34.2 Å². The van der Waals surface area contributed by atoms with Crippen LogP contribution in [0.3, 0.4) is 0 Å². The molecule has 1 atom stereocenters. The molecule has 1 saturated heterocycles. The lowest BCUT2D eigenvalue weighted by Gasteiger charge is -2.23. The Labute approximate surface area is 127 Å². The van der Waals surface area contributed by atoms with Crippen molar-refractivity contribution in [3.63, 3.8) is 0 Å². The van der Waals surface area contributed by atoms with Gasteiger partial charge in [-0.1, -0.05) is 12.1 Å². The van der Waals surface area contributed by atoms with Crippen molar-refractivity contribution in [1.82, 2.24) is 9.63 Å². The van der Waals surface area contributed by atoms with Crippen LogP contribution in [0.4, 0.5) is 4.39 Å². The summed E-state index contributed by atoms with van der Waals surface area (Å²) in [6.07, 6.45) is 0.646. The van der Waals surface area contributed by atoms with E-state index in [1.165, 1.54) is 21.8 Å². The SMILES string of the molecule is Cn1c(C#N)ccc1C(=O)N1OCC[C@@H]1c1ccc(F)cc1. The number of hydroxylamine groups is 2. The van der Waals surface area contributed by atoms with Gasteiger partial charge in [0.2, 0.25) is 0 Å². The van der Waals surface area contributed by atoms with Crippen molar-refractivity contribution in [3.8, 4) is 6.07 Å². The molecule has 6 heteroatoms. The van der Waals surface area contributed by atoms with E-state index in [1.54, 1.807) is 31.3 Å². The number of halogens is 1. The summed E-state index contributed by atoms with van der Waals surface area (Å²) < 4.78 is 14.6. The monoisotopic (exact) mass is 299 g/mol. The molecule has 1 fully saturated rings. The van der Waals surface area contributed by atoms with Crippen LogP contribution >= 0.6 is 0 Å². The maximum absolute atomic E-state index is 13.0. The second kappa shape index (κ2) is 5.62. The summed E-state index contributed by atoms with van der Waals surface area (Å²) >= 11 is 0. The highest BCUT2D eigenvalue weighted by molar-refractivity contribution is 5.92. The highest BCUT2D eigenvalue weighted by Crippen LogP contribution is 2.31. The van der Waals surface area contributed by atoms with Crippen LogP contribution in [-0.2, 0) is 11.9 Å². The Morgan fingerprint density at radius 2 is 2.05 bits per heavy atom. The van der Waals surface area contributed by atoms with Gasteiger partial charge in [0.05, 0.1) is 12.6 Å². The third kappa shape index (κ3) is 2.36. The zero-order valence-electron chi connectivity index (χ0n) is 12.0. The van der Waals surface area contributed by atoms with E-state index < -0.39 is 0 Å². The molecule has 1 amide bonds. The zero-order valence-corrected chi connectivity index (χ0v) is 12.0. The Morgan fingerprint density at radius 3 is 2.68 bits per heavy atom. The predicted molar refractivity (Wildman–Crippen MR) is 76.0 cm³/mol. The first-order chi connectivity index (χ1) is 10.6. The topological polar surface area (TPSA) is 58.3 Å². The first-order valence-corrected chi connectivity index (χ1v) is 6.89. The van der Waals surface area contributed by atoms with Crippen molar-refractivity contribution >= 4 is 5.91 Å². The van der Waals surface area contributed by atoms with Gasteiger partial charge < -0.3 is 4.57 Å². The molecule has 2 aromatic rings. The third-order valence-corrected chi connectivity index (χ3v) is 3.82. The number of hydrogen-bond donors (Lipinski definition) is 0. The summed E-state index contributed by atoms with van der Waals surface area (Å²) in [5.41, 5.74) is 1.61. The van der Waals surface area contributed by atoms with Gasteiger partial charge in [0.25, 0.3) is 5.91 Å². The smallest absolute Gasteiger partial charge is 0.294 e. The minimum Gasteiger partial charge on any atom is -0.331 e. The number of amides is 1. The van der Waals surface area contributed by atoms with Gasteiger partial charge in [-0.25, -0.2) is 9.45 Å². The van der Waals surface area contributed by atoms with E-state index in [-0.39, 0.29) is 17.8 Å². The van der Waals surface area contributed by atoms with E-state index in [0.29, 0.717) is 24.4 Å². The molecule has 5 nitrogen and oxygen atoms in total. The van der Waals surface area contributed by atoms with Gasteiger partial charge in [-0.2, -0.15) is 5.26 Å². The molecule has 0 aliphatic carbocycles. The van der Waals surface area contributed by atoms with Gasteiger partial charge in [-0.3, -0.25) is 9.63 Å². The van der Waals surface area contributed by atoms with E-state index in [1.807, 2.05) is 6.07 Å². The van der Waals surface area contributed by atoms with Gasteiger partial charge >= 0.3 is 0 Å². The van der Waals surface area contributed by atoms with Crippen LogP contribution in [0.5, 0.6) is 0 Å². The normalized spacial score (nSPS) is 17.5. The van der Waals surface area contributed by atoms with Crippen molar-refractivity contribution < 1.29 is 14.0 Å². The van der Waals surface area contributed by atoms with Crippen LogP contribution in [0.25, 0.3) is 0 Å². The maximum atomic E-state index is 13.0. The van der Waals surface area contributed by atoms with Gasteiger partial charge in [0, 0.05) is 13.5 Å². The molecule has 1 aliphatic heterocycles. The number of carbonyl (C=O) groups excluding carboxylic acids is 1. The van der Waals surface area contributed by atoms with Gasteiger partial charge in [-0.05, 0) is 29.8 Å². The quantitative estimate of drug-likeness (QED) is 0.856. The molecular weight excluding hydrogens is 285 g/mol. The molecule has 1 aromatic heterocycles. The standard InChI is InChI=1S/C16H14FN3O2/c1-19-13(10-18)6-7-15(19)16(21)20-14(8-9-22-20)11-2-4-12(17)5-3-11/h2-7,14H,8-9H2,1H3/t14-/m1/s1. The predicted octanol–water partition coefficient (Wildman–Crippen LogP) is 2.55. The maximum Gasteiger partial charge on any atom is 0.294 e. The van der Waals surface area contributed by atoms with Crippen LogP contribution < -0.4 is 0 Å². The second-order valence-corrected chi connectivity index (χ2v) is 5.09. The molecule has 0 bridgehead atoms. The largest absolute Gasteiger partial charge is 0.331 e. The summed E-state index contributed by atoms with van der Waals surface area (Å²) in [6.45, 7) is 0.420. The Hall–Kier alpha value is -2.65. The van der Waals surface area contributed by atoms with Crippen LogP contribution in [0, 0.1) is 17.1 Å². The van der Waals surface area contributed by atoms with Crippen molar-refractivity contribution in [2.75, 3.05) is 6.61 Å². The van der Waals surface area contributed by atoms with Gasteiger partial charge in [-0.15, -0.1) is 0 Å². The minimum atomic E-state index is -0.318. The van der Waals surface area contributed by atoms with Crippen molar-refractivity contribution in [1.29, 1.82) is 5.26 Å². The highest BCUT2D eigenvalue weighted by Gasteiger charge is 2.33. The molecule has 0 saturated carbocycles. The Kier molecular flexibility index (Phi) is 3.65. The summed E-state index contributed by atoms with van der Waals surface area (Å²) in [4.78, 5) is 18.1. The first kappa shape index (κ1) is 14.3. The lowest BCUT2D eigenvalue weighted by Crippen LogP contribution is -2.31. The molecular formula is C16H14FN3O2. The lowest BCUT2D eigenvalue weighted by molar-refractivity contribution is -0.0970. The van der Waals surface area contributed by atoms with Crippen LogP contribution in [0.15, 0.2) is 36.4 Å². The van der Waals surface area contributed by atoms with Crippen molar-refractivity contribution in [3.05, 3.63) is 59.2 Å². The number of hydrogen-bond acceptors (Lipinski definition) is 3. The Bertz CT molecular complexity index is 746. The van der Waals surface area contributed by atoms with E-state index in [4.69, 9.17) is 10.1 Å². The number of nitriles is 1. The summed E-state index contributed by atoms with van der Waals surface area (Å²) in [5.74, 6) is -0.627. The molecule has 0 N–H and O–H groups in total. The number of rotatable bonds is 2. The zero-order chi connectivity index (χ0) is 15.7. The fourth-order valence-corrected chi connectivity index (χ4v) is 2.61. The summed E-state index contributed by atoms with van der Waals surface area (Å²) in [7, 11) is 1.66. The minimum absolute atomic E-state index is 0.256. The molecule has 22 heavy (non-hydrogen) atoms. The summed E-state index contributed by atoms with van der Waals surface area (Å²) in [5, 5.41) is 10.3. The number of nitrogens with zero attached hydrogens (tertiary/aromatic N) is 3. The van der Waals surface area contributed by atoms with E-state index >= 15 is 0 Å². The lowest BCUT2D eigenvalue weighted by atomic mass is 10.0. The van der Waals surface area contributed by atoms with Gasteiger partial charge in [0.15, 0.2) is 0 Å².